The summed E-state index contributed by atoms with van der Waals surface area (Å²) in [6.07, 6.45) is 0. The third-order valence-corrected chi connectivity index (χ3v) is 3.38. The molecule has 0 aromatic heterocycles. The van der Waals surface area contributed by atoms with E-state index in [1.165, 1.54) is 13.8 Å². The summed E-state index contributed by atoms with van der Waals surface area (Å²) in [5.41, 5.74) is -2.22. The van der Waals surface area contributed by atoms with Gasteiger partial charge in [-0.25, -0.2) is 20.2 Å². The Labute approximate surface area is 65.3 Å². The van der Waals surface area contributed by atoms with Gasteiger partial charge < -0.3 is 0 Å². The van der Waals surface area contributed by atoms with Crippen molar-refractivity contribution in [2.75, 3.05) is 0 Å². The van der Waals surface area contributed by atoms with Crippen molar-refractivity contribution < 1.29 is 18.1 Å². The van der Waals surface area contributed by atoms with Crippen LogP contribution in [0.5, 0.6) is 0 Å². The van der Waals surface area contributed by atoms with E-state index in [9.17, 15) is 8.42 Å². The molecule has 0 rings (SSSR count). The van der Waals surface area contributed by atoms with Crippen LogP contribution in [0.1, 0.15) is 13.8 Å². The average molecular weight is 184 g/mol. The fraction of sp³-hybridized carbons (Fsp3) is 1.00. The van der Waals surface area contributed by atoms with Crippen molar-refractivity contribution in [3.05, 3.63) is 0 Å². The number of sulfone groups is 1. The molecule has 0 aliphatic carbocycles. The molecule has 7 heteroatoms. The summed E-state index contributed by atoms with van der Waals surface area (Å²) in [6.45, 7) is 2.59. The van der Waals surface area contributed by atoms with E-state index in [1.54, 1.807) is 0 Å². The van der Waals surface area contributed by atoms with Gasteiger partial charge in [0, 0.05) is 0 Å². The van der Waals surface area contributed by atoms with Crippen molar-refractivity contribution >= 4 is 9.84 Å². The summed E-state index contributed by atoms with van der Waals surface area (Å²) >= 11 is 0. The Balaban J connectivity index is 4.46. The average Bonchev–Trinajstić information content (AvgIpc) is 2.01. The lowest BCUT2D eigenvalue weighted by Crippen LogP contribution is -2.34. The van der Waals surface area contributed by atoms with Crippen LogP contribution in [0.15, 0.2) is 0 Å². The molecule has 6 nitrogen and oxygen atoms in total. The van der Waals surface area contributed by atoms with Crippen LogP contribution in [0.2, 0.25) is 0 Å². The molecule has 0 aliphatic heterocycles. The zero-order valence-corrected chi connectivity index (χ0v) is 7.17. The standard InChI is InChI=1S/C4H12N2O4S/c1-3(9-5)11(7,8)4(2)10-6/h3-4H,5-6H2,1-2H3. The minimum absolute atomic E-state index is 1.11. The lowest BCUT2D eigenvalue weighted by molar-refractivity contribution is 0.0928. The molecule has 0 bridgehead atoms. The Morgan fingerprint density at radius 2 is 1.36 bits per heavy atom. The van der Waals surface area contributed by atoms with Gasteiger partial charge in [0.15, 0.2) is 10.9 Å². The van der Waals surface area contributed by atoms with Gasteiger partial charge in [0.05, 0.1) is 0 Å². The van der Waals surface area contributed by atoms with Crippen molar-refractivity contribution in [1.82, 2.24) is 0 Å². The van der Waals surface area contributed by atoms with Gasteiger partial charge >= 0.3 is 0 Å². The maximum Gasteiger partial charge on any atom is 0.207 e. The summed E-state index contributed by atoms with van der Waals surface area (Å²) in [6, 6.07) is 0. The Hall–Kier alpha value is -0.210. The van der Waals surface area contributed by atoms with Crippen LogP contribution in [0.25, 0.3) is 0 Å². The molecule has 4 N–H and O–H groups in total. The molecule has 0 heterocycles. The minimum Gasteiger partial charge on any atom is -0.285 e. The molecule has 0 aromatic carbocycles. The number of rotatable bonds is 4. The third-order valence-electron chi connectivity index (χ3n) is 1.31. The normalized spacial score (nSPS) is 17.8. The predicted octanol–water partition coefficient (Wildman–Crippen LogP) is -1.13. The van der Waals surface area contributed by atoms with Crippen molar-refractivity contribution in [3.63, 3.8) is 0 Å². The summed E-state index contributed by atoms with van der Waals surface area (Å²) < 4.78 is 22.2. The maximum atomic E-state index is 11.1. The van der Waals surface area contributed by atoms with E-state index in [-0.39, 0.29) is 0 Å². The van der Waals surface area contributed by atoms with Crippen molar-refractivity contribution in [1.29, 1.82) is 0 Å². The van der Waals surface area contributed by atoms with Crippen LogP contribution < -0.4 is 11.8 Å². The predicted molar refractivity (Wildman–Crippen MR) is 38.4 cm³/mol. The number of hydrogen-bond acceptors (Lipinski definition) is 6. The SMILES string of the molecule is CC(ON)S(=O)(=O)C(C)ON. The van der Waals surface area contributed by atoms with E-state index in [0.29, 0.717) is 0 Å². The summed E-state index contributed by atoms with van der Waals surface area (Å²) in [7, 11) is -3.53. The van der Waals surface area contributed by atoms with Gasteiger partial charge in [-0.05, 0) is 13.8 Å². The van der Waals surface area contributed by atoms with Crippen molar-refractivity contribution in [2.45, 2.75) is 24.7 Å². The van der Waals surface area contributed by atoms with E-state index in [2.05, 4.69) is 21.5 Å². The van der Waals surface area contributed by atoms with Crippen LogP contribution in [0.3, 0.4) is 0 Å². The molecule has 0 radical (unpaired) electrons. The van der Waals surface area contributed by atoms with Crippen LogP contribution >= 0.6 is 0 Å². The van der Waals surface area contributed by atoms with E-state index in [1.807, 2.05) is 0 Å². The molecule has 0 fully saturated rings. The van der Waals surface area contributed by atoms with Gasteiger partial charge in [-0.3, -0.25) is 9.68 Å². The van der Waals surface area contributed by atoms with Gasteiger partial charge in [-0.15, -0.1) is 0 Å². The molecule has 2 atom stereocenters. The largest absolute Gasteiger partial charge is 0.285 e. The minimum atomic E-state index is -3.53. The summed E-state index contributed by atoms with van der Waals surface area (Å²) in [4.78, 5) is 8.23. The van der Waals surface area contributed by atoms with Crippen LogP contribution in [-0.2, 0) is 19.5 Å². The Morgan fingerprint density at radius 1 is 1.09 bits per heavy atom. The second-order valence-corrected chi connectivity index (χ2v) is 4.50. The van der Waals surface area contributed by atoms with Crippen LogP contribution in [0, 0.1) is 0 Å². The van der Waals surface area contributed by atoms with Crippen LogP contribution in [0.4, 0.5) is 0 Å². The Kier molecular flexibility index (Phi) is 3.90. The number of hydrogen-bond donors (Lipinski definition) is 2. The molecule has 2 unspecified atom stereocenters. The van der Waals surface area contributed by atoms with E-state index in [4.69, 9.17) is 0 Å². The first kappa shape index (κ1) is 10.8. The van der Waals surface area contributed by atoms with E-state index < -0.39 is 20.7 Å². The van der Waals surface area contributed by atoms with Gasteiger partial charge in [-0.1, -0.05) is 0 Å². The molecule has 11 heavy (non-hydrogen) atoms. The zero-order valence-electron chi connectivity index (χ0n) is 6.35. The smallest absolute Gasteiger partial charge is 0.207 e. The van der Waals surface area contributed by atoms with Gasteiger partial charge in [0.1, 0.15) is 0 Å². The molecule has 0 aromatic rings. The first-order chi connectivity index (χ1) is 4.96. The fourth-order valence-corrected chi connectivity index (χ4v) is 1.27. The van der Waals surface area contributed by atoms with Gasteiger partial charge in [-0.2, -0.15) is 0 Å². The monoisotopic (exact) mass is 184 g/mol. The summed E-state index contributed by atoms with van der Waals surface area (Å²) in [5, 5.41) is 0. The second kappa shape index (κ2) is 3.98. The van der Waals surface area contributed by atoms with Crippen molar-refractivity contribution in [3.8, 4) is 0 Å². The molecule has 0 saturated heterocycles. The highest BCUT2D eigenvalue weighted by molar-refractivity contribution is 7.92. The third kappa shape index (κ3) is 2.38. The summed E-state index contributed by atoms with van der Waals surface area (Å²) in [5.74, 6) is 9.35. The van der Waals surface area contributed by atoms with Gasteiger partial charge in [0.2, 0.25) is 9.84 Å². The molecule has 0 amide bonds. The maximum absolute atomic E-state index is 11.1. The second-order valence-electron chi connectivity index (χ2n) is 2.00. The highest BCUT2D eigenvalue weighted by Crippen LogP contribution is 2.08. The molecule has 0 saturated carbocycles. The highest BCUT2D eigenvalue weighted by atomic mass is 32.2. The topological polar surface area (TPSA) is 105 Å². The van der Waals surface area contributed by atoms with E-state index in [0.717, 1.165) is 0 Å². The molecular formula is C4H12N2O4S. The molecular weight excluding hydrogens is 172 g/mol. The zero-order chi connectivity index (χ0) is 9.07. The Bertz CT molecular complexity index is 186. The quantitative estimate of drug-likeness (QED) is 0.536. The van der Waals surface area contributed by atoms with Crippen LogP contribution in [-0.4, -0.2) is 19.3 Å². The molecule has 0 aliphatic rings. The van der Waals surface area contributed by atoms with E-state index >= 15 is 0 Å². The highest BCUT2D eigenvalue weighted by Gasteiger charge is 2.28. The fourth-order valence-electron chi connectivity index (χ4n) is 0.425. The molecule has 68 valence electrons. The Morgan fingerprint density at radius 3 is 1.55 bits per heavy atom. The van der Waals surface area contributed by atoms with Gasteiger partial charge in [0.25, 0.3) is 0 Å². The molecule has 0 spiro atoms. The lowest BCUT2D eigenvalue weighted by Gasteiger charge is -2.14. The number of nitrogens with two attached hydrogens (primary N) is 2. The first-order valence-corrected chi connectivity index (χ1v) is 4.51. The lowest BCUT2D eigenvalue weighted by atomic mass is 10.8. The van der Waals surface area contributed by atoms with Crippen molar-refractivity contribution in [2.24, 2.45) is 11.8 Å². The first-order valence-electron chi connectivity index (χ1n) is 2.90.